The largest absolute Gasteiger partial charge is 0.376 e. The normalized spacial score (nSPS) is 21.2. The highest BCUT2D eigenvalue weighted by molar-refractivity contribution is 7.15. The number of nitrogens with zero attached hydrogens (tertiary/aromatic N) is 1. The summed E-state index contributed by atoms with van der Waals surface area (Å²) in [7, 11) is 0. The number of piperidine rings is 1. The zero-order chi connectivity index (χ0) is 11.2. The van der Waals surface area contributed by atoms with Gasteiger partial charge in [-0.25, -0.2) is 4.98 Å². The number of hydrogen-bond donors (Lipinski definition) is 1. The van der Waals surface area contributed by atoms with E-state index in [0.717, 1.165) is 30.4 Å². The Bertz CT molecular complexity index is 313. The van der Waals surface area contributed by atoms with Gasteiger partial charge in [0.15, 0.2) is 4.47 Å². The maximum atomic E-state index is 5.74. The molecule has 1 aliphatic rings. The lowest BCUT2D eigenvalue weighted by atomic mass is 9.97. The lowest BCUT2D eigenvalue weighted by Gasteiger charge is -2.22. The Morgan fingerprint density at radius 2 is 2.56 bits per heavy atom. The fraction of sp³-hybridized carbons (Fsp3) is 0.727. The first-order valence-electron chi connectivity index (χ1n) is 5.73. The van der Waals surface area contributed by atoms with E-state index in [1.54, 1.807) is 6.20 Å². The zero-order valence-electron chi connectivity index (χ0n) is 9.25. The molecule has 90 valence electrons. The molecular weight excluding hydrogens is 244 g/mol. The minimum absolute atomic E-state index is 0.593. The summed E-state index contributed by atoms with van der Waals surface area (Å²) in [6, 6.07) is 0. The molecule has 0 radical (unpaired) electrons. The second kappa shape index (κ2) is 6.55. The second-order valence-electron chi connectivity index (χ2n) is 4.13. The highest BCUT2D eigenvalue weighted by Gasteiger charge is 2.12. The quantitative estimate of drug-likeness (QED) is 0.827. The van der Waals surface area contributed by atoms with Crippen LogP contribution in [-0.2, 0) is 11.3 Å². The topological polar surface area (TPSA) is 34.1 Å². The van der Waals surface area contributed by atoms with Crippen molar-refractivity contribution in [3.05, 3.63) is 15.5 Å². The average Bonchev–Trinajstić information content (AvgIpc) is 2.72. The summed E-state index contributed by atoms with van der Waals surface area (Å²) in [6.07, 6.45) is 5.58. The van der Waals surface area contributed by atoms with Crippen LogP contribution in [0.4, 0.5) is 0 Å². The van der Waals surface area contributed by atoms with E-state index in [-0.39, 0.29) is 0 Å². The Morgan fingerprint density at radius 1 is 1.62 bits per heavy atom. The Labute approximate surface area is 105 Å². The van der Waals surface area contributed by atoms with Crippen LogP contribution in [0.1, 0.15) is 24.1 Å². The summed E-state index contributed by atoms with van der Waals surface area (Å²) < 4.78 is 6.21. The molecule has 2 heterocycles. The molecular formula is C11H17ClN2OS. The highest BCUT2D eigenvalue weighted by atomic mass is 35.5. The highest BCUT2D eigenvalue weighted by Crippen LogP contribution is 2.19. The van der Waals surface area contributed by atoms with Crippen molar-refractivity contribution < 1.29 is 4.74 Å². The van der Waals surface area contributed by atoms with E-state index in [0.29, 0.717) is 11.1 Å². The summed E-state index contributed by atoms with van der Waals surface area (Å²) in [4.78, 5) is 5.08. The van der Waals surface area contributed by atoms with Crippen LogP contribution in [-0.4, -0.2) is 24.7 Å². The molecule has 5 heteroatoms. The minimum Gasteiger partial charge on any atom is -0.376 e. The van der Waals surface area contributed by atoms with Gasteiger partial charge in [-0.15, -0.1) is 11.3 Å². The number of hydrogen-bond acceptors (Lipinski definition) is 4. The van der Waals surface area contributed by atoms with E-state index in [9.17, 15) is 0 Å². The maximum absolute atomic E-state index is 5.74. The SMILES string of the molecule is Clc1ncc(COCC[C@@H]2CCCNC2)s1. The molecule has 1 fully saturated rings. The van der Waals surface area contributed by atoms with E-state index in [1.165, 1.54) is 30.7 Å². The van der Waals surface area contributed by atoms with Gasteiger partial charge in [0.05, 0.1) is 11.5 Å². The molecule has 0 amide bonds. The first-order valence-corrected chi connectivity index (χ1v) is 6.92. The first-order chi connectivity index (χ1) is 7.84. The maximum Gasteiger partial charge on any atom is 0.183 e. The van der Waals surface area contributed by atoms with Crippen molar-refractivity contribution in [3.8, 4) is 0 Å². The van der Waals surface area contributed by atoms with Gasteiger partial charge in [-0.05, 0) is 38.3 Å². The second-order valence-corrected chi connectivity index (χ2v) is 5.83. The first kappa shape index (κ1) is 12.3. The summed E-state index contributed by atoms with van der Waals surface area (Å²) >= 11 is 7.23. The number of rotatable bonds is 5. The molecule has 0 unspecified atom stereocenters. The Kier molecular flexibility index (Phi) is 5.03. The standard InChI is InChI=1S/C11H17ClN2OS/c12-11-14-7-10(16-11)8-15-5-3-9-2-1-4-13-6-9/h7,9,13H,1-6,8H2/t9-/m0/s1. The molecule has 1 N–H and O–H groups in total. The third kappa shape index (κ3) is 4.01. The van der Waals surface area contributed by atoms with E-state index in [2.05, 4.69) is 10.3 Å². The van der Waals surface area contributed by atoms with Crippen molar-refractivity contribution in [1.82, 2.24) is 10.3 Å². The van der Waals surface area contributed by atoms with Crippen LogP contribution < -0.4 is 5.32 Å². The lowest BCUT2D eigenvalue weighted by molar-refractivity contribution is 0.105. The van der Waals surface area contributed by atoms with Crippen molar-refractivity contribution in [2.75, 3.05) is 19.7 Å². The zero-order valence-corrected chi connectivity index (χ0v) is 10.8. The van der Waals surface area contributed by atoms with Crippen LogP contribution >= 0.6 is 22.9 Å². The van der Waals surface area contributed by atoms with Gasteiger partial charge in [-0.3, -0.25) is 0 Å². The number of ether oxygens (including phenoxy) is 1. The third-order valence-electron chi connectivity index (χ3n) is 2.84. The Morgan fingerprint density at radius 3 is 3.25 bits per heavy atom. The molecule has 0 bridgehead atoms. The minimum atomic E-state index is 0.593. The van der Waals surface area contributed by atoms with Gasteiger partial charge >= 0.3 is 0 Å². The van der Waals surface area contributed by atoms with Crippen molar-refractivity contribution in [1.29, 1.82) is 0 Å². The predicted octanol–water partition coefficient (Wildman–Crippen LogP) is 2.70. The lowest BCUT2D eigenvalue weighted by Crippen LogP contribution is -2.30. The molecule has 1 aromatic rings. The molecule has 1 saturated heterocycles. The molecule has 0 aromatic carbocycles. The molecule has 1 aromatic heterocycles. The molecule has 2 rings (SSSR count). The van der Waals surface area contributed by atoms with Crippen LogP contribution in [0.3, 0.4) is 0 Å². The molecule has 0 spiro atoms. The molecule has 0 saturated carbocycles. The van der Waals surface area contributed by atoms with Gasteiger partial charge in [0.25, 0.3) is 0 Å². The van der Waals surface area contributed by atoms with Gasteiger partial charge in [0.1, 0.15) is 0 Å². The van der Waals surface area contributed by atoms with Gasteiger partial charge in [-0.1, -0.05) is 11.6 Å². The summed E-state index contributed by atoms with van der Waals surface area (Å²) in [5.74, 6) is 0.791. The number of aromatic nitrogens is 1. The smallest absolute Gasteiger partial charge is 0.183 e. The molecule has 1 aliphatic heterocycles. The van der Waals surface area contributed by atoms with Crippen molar-refractivity contribution in [3.63, 3.8) is 0 Å². The summed E-state index contributed by atoms with van der Waals surface area (Å²) in [5, 5.41) is 3.42. The number of nitrogens with one attached hydrogen (secondary N) is 1. The van der Waals surface area contributed by atoms with Crippen molar-refractivity contribution in [2.45, 2.75) is 25.9 Å². The van der Waals surface area contributed by atoms with Gasteiger partial charge in [0.2, 0.25) is 0 Å². The predicted molar refractivity (Wildman–Crippen MR) is 67.0 cm³/mol. The van der Waals surface area contributed by atoms with Gasteiger partial charge < -0.3 is 10.1 Å². The van der Waals surface area contributed by atoms with E-state index < -0.39 is 0 Å². The van der Waals surface area contributed by atoms with Crippen LogP contribution in [0, 0.1) is 5.92 Å². The van der Waals surface area contributed by atoms with Crippen LogP contribution in [0.25, 0.3) is 0 Å². The third-order valence-corrected chi connectivity index (χ3v) is 3.93. The summed E-state index contributed by atoms with van der Waals surface area (Å²) in [5.41, 5.74) is 0. The van der Waals surface area contributed by atoms with E-state index >= 15 is 0 Å². The van der Waals surface area contributed by atoms with Crippen molar-refractivity contribution >= 4 is 22.9 Å². The molecule has 16 heavy (non-hydrogen) atoms. The van der Waals surface area contributed by atoms with Crippen LogP contribution in [0.5, 0.6) is 0 Å². The Balaban J connectivity index is 1.57. The number of thiazole rings is 1. The van der Waals surface area contributed by atoms with Gasteiger partial charge in [-0.2, -0.15) is 0 Å². The molecule has 1 atom stereocenters. The van der Waals surface area contributed by atoms with E-state index in [1.807, 2.05) is 0 Å². The fourth-order valence-electron chi connectivity index (χ4n) is 1.94. The monoisotopic (exact) mass is 260 g/mol. The summed E-state index contributed by atoms with van der Waals surface area (Å²) in [6.45, 7) is 3.80. The van der Waals surface area contributed by atoms with Gasteiger partial charge in [0, 0.05) is 12.8 Å². The Hall–Kier alpha value is -0.160. The fourth-order valence-corrected chi connectivity index (χ4v) is 2.86. The van der Waals surface area contributed by atoms with Crippen molar-refractivity contribution in [2.24, 2.45) is 5.92 Å². The van der Waals surface area contributed by atoms with Crippen LogP contribution in [0.2, 0.25) is 4.47 Å². The average molecular weight is 261 g/mol. The van der Waals surface area contributed by atoms with Crippen LogP contribution in [0.15, 0.2) is 6.20 Å². The number of halogens is 1. The molecule has 3 nitrogen and oxygen atoms in total. The van der Waals surface area contributed by atoms with E-state index in [4.69, 9.17) is 16.3 Å². The molecule has 0 aliphatic carbocycles.